The van der Waals surface area contributed by atoms with Gasteiger partial charge in [-0.25, -0.2) is 18.1 Å². The molecule has 9 nitrogen and oxygen atoms in total. The van der Waals surface area contributed by atoms with E-state index >= 15 is 0 Å². The van der Waals surface area contributed by atoms with E-state index in [1.807, 2.05) is 13.0 Å². The maximum Gasteiger partial charge on any atom is 0.240 e. The van der Waals surface area contributed by atoms with Crippen molar-refractivity contribution in [1.29, 1.82) is 0 Å². The first kappa shape index (κ1) is 28.0. The number of benzene rings is 1. The quantitative estimate of drug-likeness (QED) is 0.128. The molecule has 178 valence electrons. The monoisotopic (exact) mass is 570 g/mol. The van der Waals surface area contributed by atoms with Crippen molar-refractivity contribution in [2.75, 3.05) is 53.2 Å². The number of hydrogen-bond donors (Lipinski definition) is 4. The summed E-state index contributed by atoms with van der Waals surface area (Å²) in [6, 6.07) is 6.74. The lowest BCUT2D eigenvalue weighted by molar-refractivity contribution is 0.127. The largest absolute Gasteiger partial charge is 0.396 e. The molecule has 1 aromatic rings. The van der Waals surface area contributed by atoms with Gasteiger partial charge in [0.25, 0.3) is 0 Å². The molecule has 1 fully saturated rings. The Bertz CT molecular complexity index is 786. The molecule has 0 amide bonds. The third-order valence-corrected chi connectivity index (χ3v) is 6.49. The number of rotatable bonds is 12. The standard InChI is InChI=1S/C20H34N4O5S.HI/c1-3-21-19(23-15-20(7-10-25)8-11-29-16-20)22-14-17-5-4-6-18(13-17)30(26,27)24-9-12-28-2;/h4-6,13,24-25H,3,7-12,14-16H2,1-2H3,(H2,21,22,23);1H. The second-order valence-corrected chi connectivity index (χ2v) is 9.13. The molecule has 0 bridgehead atoms. The molecule has 31 heavy (non-hydrogen) atoms. The summed E-state index contributed by atoms with van der Waals surface area (Å²) in [5.41, 5.74) is 0.698. The zero-order valence-electron chi connectivity index (χ0n) is 18.2. The molecule has 1 atom stereocenters. The van der Waals surface area contributed by atoms with Gasteiger partial charge in [0.1, 0.15) is 0 Å². The van der Waals surface area contributed by atoms with Crippen LogP contribution in [0.2, 0.25) is 0 Å². The van der Waals surface area contributed by atoms with Crippen LogP contribution in [0.3, 0.4) is 0 Å². The van der Waals surface area contributed by atoms with E-state index in [-0.39, 0.29) is 47.4 Å². The van der Waals surface area contributed by atoms with Crippen molar-refractivity contribution < 1.29 is 23.0 Å². The van der Waals surface area contributed by atoms with Gasteiger partial charge in [-0.1, -0.05) is 12.1 Å². The van der Waals surface area contributed by atoms with Crippen molar-refractivity contribution in [3.8, 4) is 0 Å². The van der Waals surface area contributed by atoms with Gasteiger partial charge in [0.15, 0.2) is 5.96 Å². The van der Waals surface area contributed by atoms with Gasteiger partial charge in [0.05, 0.1) is 24.7 Å². The fraction of sp³-hybridized carbons (Fsp3) is 0.650. The molecule has 1 saturated heterocycles. The Kier molecular flexibility index (Phi) is 12.9. The van der Waals surface area contributed by atoms with E-state index in [1.54, 1.807) is 18.2 Å². The molecular weight excluding hydrogens is 535 g/mol. The summed E-state index contributed by atoms with van der Waals surface area (Å²) >= 11 is 0. The van der Waals surface area contributed by atoms with Crippen LogP contribution in [0.1, 0.15) is 25.3 Å². The summed E-state index contributed by atoms with van der Waals surface area (Å²) in [7, 11) is -2.06. The number of hydrogen-bond acceptors (Lipinski definition) is 6. The fourth-order valence-corrected chi connectivity index (χ4v) is 4.35. The van der Waals surface area contributed by atoms with Crippen molar-refractivity contribution in [2.24, 2.45) is 10.4 Å². The number of sulfonamides is 1. The Morgan fingerprint density at radius 3 is 2.81 bits per heavy atom. The van der Waals surface area contributed by atoms with Gasteiger partial charge in [-0.2, -0.15) is 0 Å². The maximum atomic E-state index is 12.4. The number of aliphatic hydroxyl groups is 1. The molecular formula is C20H35IN4O5S. The normalized spacial score (nSPS) is 19.1. The molecule has 0 radical (unpaired) electrons. The van der Waals surface area contributed by atoms with E-state index in [2.05, 4.69) is 20.3 Å². The van der Waals surface area contributed by atoms with Gasteiger partial charge in [-0.05, 0) is 37.5 Å². The molecule has 0 aromatic heterocycles. The number of ether oxygens (including phenoxy) is 2. The van der Waals surface area contributed by atoms with E-state index in [4.69, 9.17) is 9.47 Å². The van der Waals surface area contributed by atoms with Crippen molar-refractivity contribution in [1.82, 2.24) is 15.4 Å². The number of methoxy groups -OCH3 is 1. The summed E-state index contributed by atoms with van der Waals surface area (Å²) in [5, 5.41) is 15.9. The van der Waals surface area contributed by atoms with E-state index in [9.17, 15) is 13.5 Å². The maximum absolute atomic E-state index is 12.4. The number of aliphatic hydroxyl groups excluding tert-OH is 1. The number of nitrogens with one attached hydrogen (secondary N) is 3. The molecule has 0 saturated carbocycles. The molecule has 1 heterocycles. The van der Waals surface area contributed by atoms with Gasteiger partial charge >= 0.3 is 0 Å². The van der Waals surface area contributed by atoms with Gasteiger partial charge in [-0.3, -0.25) is 0 Å². The first-order valence-corrected chi connectivity index (χ1v) is 11.7. The minimum atomic E-state index is -3.59. The van der Waals surface area contributed by atoms with Crippen molar-refractivity contribution in [3.63, 3.8) is 0 Å². The highest BCUT2D eigenvalue weighted by molar-refractivity contribution is 14.0. The third kappa shape index (κ3) is 9.18. The first-order chi connectivity index (χ1) is 14.4. The minimum Gasteiger partial charge on any atom is -0.396 e. The predicted octanol–water partition coefficient (Wildman–Crippen LogP) is 1.07. The summed E-state index contributed by atoms with van der Waals surface area (Å²) in [5.74, 6) is 0.646. The number of guanidine groups is 1. The van der Waals surface area contributed by atoms with Gasteiger partial charge in [-0.15, -0.1) is 24.0 Å². The second-order valence-electron chi connectivity index (χ2n) is 7.36. The van der Waals surface area contributed by atoms with E-state index in [0.29, 0.717) is 51.8 Å². The lowest BCUT2D eigenvalue weighted by Gasteiger charge is -2.27. The van der Waals surface area contributed by atoms with Crippen LogP contribution in [0.15, 0.2) is 34.2 Å². The molecule has 1 aliphatic heterocycles. The molecule has 1 unspecified atom stereocenters. The Balaban J connectivity index is 0.00000480. The van der Waals surface area contributed by atoms with Crippen molar-refractivity contribution >= 4 is 40.0 Å². The molecule has 1 aromatic carbocycles. The van der Waals surface area contributed by atoms with Crippen LogP contribution in [0.5, 0.6) is 0 Å². The highest BCUT2D eigenvalue weighted by Gasteiger charge is 2.34. The molecule has 1 aliphatic rings. The Morgan fingerprint density at radius 1 is 1.35 bits per heavy atom. The van der Waals surface area contributed by atoms with Crippen LogP contribution in [0.4, 0.5) is 0 Å². The molecule has 2 rings (SSSR count). The van der Waals surface area contributed by atoms with Crippen LogP contribution in [-0.4, -0.2) is 72.7 Å². The number of halogens is 1. The fourth-order valence-electron chi connectivity index (χ4n) is 3.27. The van der Waals surface area contributed by atoms with Crippen LogP contribution >= 0.6 is 24.0 Å². The van der Waals surface area contributed by atoms with Crippen LogP contribution < -0.4 is 15.4 Å². The summed E-state index contributed by atoms with van der Waals surface area (Å²) in [6.45, 7) is 5.64. The summed E-state index contributed by atoms with van der Waals surface area (Å²) in [6.07, 6.45) is 1.57. The molecule has 0 spiro atoms. The second kappa shape index (κ2) is 14.2. The van der Waals surface area contributed by atoms with Crippen molar-refractivity contribution in [3.05, 3.63) is 29.8 Å². The van der Waals surface area contributed by atoms with Crippen molar-refractivity contribution in [2.45, 2.75) is 31.2 Å². The molecule has 11 heteroatoms. The van der Waals surface area contributed by atoms with Crippen LogP contribution in [0, 0.1) is 5.41 Å². The van der Waals surface area contributed by atoms with Gasteiger partial charge in [0, 0.05) is 45.4 Å². The lowest BCUT2D eigenvalue weighted by atomic mass is 9.84. The molecule has 4 N–H and O–H groups in total. The highest BCUT2D eigenvalue weighted by atomic mass is 127. The summed E-state index contributed by atoms with van der Waals surface area (Å²) in [4.78, 5) is 4.79. The van der Waals surface area contributed by atoms with E-state index in [1.165, 1.54) is 7.11 Å². The zero-order chi connectivity index (χ0) is 21.9. The first-order valence-electron chi connectivity index (χ1n) is 10.2. The average Bonchev–Trinajstić information content (AvgIpc) is 3.19. The third-order valence-electron chi connectivity index (χ3n) is 5.03. The van der Waals surface area contributed by atoms with Gasteiger partial charge < -0.3 is 25.2 Å². The van der Waals surface area contributed by atoms with E-state index < -0.39 is 10.0 Å². The Hall–Kier alpha value is -0.990. The van der Waals surface area contributed by atoms with Crippen LogP contribution in [0.25, 0.3) is 0 Å². The molecule has 0 aliphatic carbocycles. The minimum absolute atomic E-state index is 0. The Morgan fingerprint density at radius 2 is 2.16 bits per heavy atom. The summed E-state index contributed by atoms with van der Waals surface area (Å²) < 4.78 is 37.7. The highest BCUT2D eigenvalue weighted by Crippen LogP contribution is 2.31. The van der Waals surface area contributed by atoms with E-state index in [0.717, 1.165) is 12.0 Å². The zero-order valence-corrected chi connectivity index (χ0v) is 21.4. The van der Waals surface area contributed by atoms with Crippen LogP contribution in [-0.2, 0) is 26.0 Å². The SMILES string of the molecule is CCNC(=NCc1cccc(S(=O)(=O)NCCOC)c1)NCC1(CCO)CCOC1.I. The Labute approximate surface area is 202 Å². The average molecular weight is 570 g/mol. The number of nitrogens with zero attached hydrogens (tertiary/aromatic N) is 1. The predicted molar refractivity (Wildman–Crippen MR) is 131 cm³/mol. The number of aliphatic imine (C=N–C) groups is 1. The topological polar surface area (TPSA) is 121 Å². The lowest BCUT2D eigenvalue weighted by Crippen LogP contribution is -2.44. The van der Waals surface area contributed by atoms with Gasteiger partial charge in [0.2, 0.25) is 10.0 Å². The smallest absolute Gasteiger partial charge is 0.240 e.